The van der Waals surface area contributed by atoms with Crippen molar-refractivity contribution in [2.45, 2.75) is 32.6 Å². The van der Waals surface area contributed by atoms with Gasteiger partial charge < -0.3 is 9.80 Å². The fraction of sp³-hybridized carbons (Fsp3) is 0.440. The van der Waals surface area contributed by atoms with E-state index in [2.05, 4.69) is 20.3 Å². The zero-order valence-corrected chi connectivity index (χ0v) is 19.4. The molecule has 0 bridgehead atoms. The van der Waals surface area contributed by atoms with Crippen LogP contribution in [0.2, 0.25) is 0 Å². The number of carbonyl (C=O) groups excluding carboxylic acids is 2. The second-order valence-electron chi connectivity index (χ2n) is 9.35. The van der Waals surface area contributed by atoms with Gasteiger partial charge in [0.2, 0.25) is 5.91 Å². The molecule has 34 heavy (non-hydrogen) atoms. The average Bonchev–Trinajstić information content (AvgIpc) is 3.55. The second-order valence-corrected chi connectivity index (χ2v) is 9.35. The number of carbonyl (C=O) groups is 2. The summed E-state index contributed by atoms with van der Waals surface area (Å²) < 4.78 is 1.57. The van der Waals surface area contributed by atoms with Crippen molar-refractivity contribution in [3.05, 3.63) is 66.0 Å². The monoisotopic (exact) mass is 459 g/mol. The zero-order chi connectivity index (χ0) is 23.5. The fourth-order valence-corrected chi connectivity index (χ4v) is 5.12. The first-order valence-electron chi connectivity index (χ1n) is 11.9. The van der Waals surface area contributed by atoms with E-state index in [1.54, 1.807) is 35.7 Å². The van der Waals surface area contributed by atoms with Crippen molar-refractivity contribution in [3.8, 4) is 5.69 Å². The molecular weight excluding hydrogens is 430 g/mol. The molecule has 3 aromatic heterocycles. The summed E-state index contributed by atoms with van der Waals surface area (Å²) in [5.41, 5.74) is 3.14. The zero-order valence-electron chi connectivity index (χ0n) is 19.4. The first-order valence-corrected chi connectivity index (χ1v) is 11.9. The predicted molar refractivity (Wildman–Crippen MR) is 125 cm³/mol. The Morgan fingerprint density at radius 1 is 1.03 bits per heavy atom. The maximum Gasteiger partial charge on any atom is 0.276 e. The van der Waals surface area contributed by atoms with Crippen LogP contribution >= 0.6 is 0 Å². The van der Waals surface area contributed by atoms with E-state index in [1.807, 2.05) is 34.9 Å². The van der Waals surface area contributed by atoms with Crippen molar-refractivity contribution in [3.63, 3.8) is 0 Å². The summed E-state index contributed by atoms with van der Waals surface area (Å²) in [4.78, 5) is 38.1. The molecule has 2 saturated heterocycles. The van der Waals surface area contributed by atoms with E-state index >= 15 is 0 Å². The van der Waals surface area contributed by atoms with Crippen LogP contribution in [0, 0.1) is 18.8 Å². The Morgan fingerprint density at radius 3 is 2.71 bits per heavy atom. The molecule has 5 heterocycles. The number of piperidine rings is 1. The van der Waals surface area contributed by atoms with E-state index in [4.69, 9.17) is 0 Å². The third kappa shape index (κ3) is 4.83. The number of hydrogen-bond donors (Lipinski definition) is 0. The van der Waals surface area contributed by atoms with E-state index in [0.717, 1.165) is 49.2 Å². The smallest absolute Gasteiger partial charge is 0.276 e. The molecule has 0 spiro atoms. The summed E-state index contributed by atoms with van der Waals surface area (Å²) in [5, 5.41) is 8.18. The Hall–Kier alpha value is -3.62. The highest BCUT2D eigenvalue weighted by Crippen LogP contribution is 2.31. The number of likely N-dealkylation sites (tertiary alicyclic amines) is 2. The van der Waals surface area contributed by atoms with E-state index in [1.165, 1.54) is 0 Å². The SMILES string of the molecule is Cc1cncc(CC(=O)N2CCCC(C3CCN(C(=O)c4cn(-c5cccnc5)nn4)C3)C2)c1. The maximum atomic E-state index is 13.0. The number of rotatable bonds is 5. The summed E-state index contributed by atoms with van der Waals surface area (Å²) in [6.07, 6.45) is 12.1. The number of aryl methyl sites for hydroxylation is 1. The average molecular weight is 460 g/mol. The molecule has 2 aliphatic rings. The number of aromatic nitrogens is 5. The number of nitrogens with zero attached hydrogens (tertiary/aromatic N) is 7. The van der Waals surface area contributed by atoms with E-state index in [9.17, 15) is 9.59 Å². The minimum atomic E-state index is -0.0895. The maximum absolute atomic E-state index is 13.0. The lowest BCUT2D eigenvalue weighted by molar-refractivity contribution is -0.132. The lowest BCUT2D eigenvalue weighted by Gasteiger charge is -2.36. The first kappa shape index (κ1) is 22.2. The van der Waals surface area contributed by atoms with Gasteiger partial charge in [0.05, 0.1) is 24.5 Å². The van der Waals surface area contributed by atoms with Crippen molar-refractivity contribution < 1.29 is 9.59 Å². The quantitative estimate of drug-likeness (QED) is 0.581. The molecule has 9 nitrogen and oxygen atoms in total. The largest absolute Gasteiger partial charge is 0.342 e. The fourth-order valence-electron chi connectivity index (χ4n) is 5.12. The Bertz CT molecular complexity index is 1160. The van der Waals surface area contributed by atoms with Crippen molar-refractivity contribution in [1.29, 1.82) is 0 Å². The van der Waals surface area contributed by atoms with Gasteiger partial charge in [-0.25, -0.2) is 4.68 Å². The molecule has 0 aliphatic carbocycles. The molecule has 2 unspecified atom stereocenters. The number of hydrogen-bond acceptors (Lipinski definition) is 6. The first-order chi connectivity index (χ1) is 16.6. The lowest BCUT2D eigenvalue weighted by atomic mass is 9.84. The minimum absolute atomic E-state index is 0.0895. The molecular formula is C25H29N7O2. The summed E-state index contributed by atoms with van der Waals surface area (Å²) in [6.45, 7) is 4.98. The van der Waals surface area contributed by atoms with Gasteiger partial charge in [-0.15, -0.1) is 5.10 Å². The van der Waals surface area contributed by atoms with E-state index in [0.29, 0.717) is 37.0 Å². The van der Waals surface area contributed by atoms with Crippen molar-refractivity contribution in [1.82, 2.24) is 34.8 Å². The molecule has 2 aliphatic heterocycles. The Labute approximate surface area is 198 Å². The molecule has 2 amide bonds. The molecule has 0 radical (unpaired) electrons. The highest BCUT2D eigenvalue weighted by atomic mass is 16.2. The van der Waals surface area contributed by atoms with Gasteiger partial charge in [-0.05, 0) is 61.3 Å². The van der Waals surface area contributed by atoms with Crippen LogP contribution in [0.3, 0.4) is 0 Å². The summed E-state index contributed by atoms with van der Waals surface area (Å²) in [6, 6.07) is 5.71. The van der Waals surface area contributed by atoms with Crippen molar-refractivity contribution >= 4 is 11.8 Å². The summed E-state index contributed by atoms with van der Waals surface area (Å²) >= 11 is 0. The molecule has 2 fully saturated rings. The molecule has 176 valence electrons. The second kappa shape index (κ2) is 9.70. The lowest BCUT2D eigenvalue weighted by Crippen LogP contribution is -2.43. The number of amides is 2. The van der Waals surface area contributed by atoms with Crippen LogP contribution in [-0.2, 0) is 11.2 Å². The molecule has 3 aromatic rings. The normalized spacial score (nSPS) is 20.5. The molecule has 9 heteroatoms. The van der Waals surface area contributed by atoms with Crippen LogP contribution in [0.1, 0.15) is 40.9 Å². The third-order valence-corrected chi connectivity index (χ3v) is 6.90. The van der Waals surface area contributed by atoms with Crippen LogP contribution in [0.4, 0.5) is 0 Å². The standard InChI is InChI=1S/C25H29N7O2/c1-18-10-19(13-27-12-18)11-24(33)30-8-3-4-20(15-30)21-6-9-31(16-21)25(34)23-17-32(29-28-23)22-5-2-7-26-14-22/h2,5,7,10,12-14,17,20-21H,3-4,6,8-9,11,15-16H2,1H3. The molecule has 5 rings (SSSR count). The van der Waals surface area contributed by atoms with Gasteiger partial charge in [0.1, 0.15) is 0 Å². The minimum Gasteiger partial charge on any atom is -0.342 e. The van der Waals surface area contributed by atoms with Gasteiger partial charge in [0.15, 0.2) is 5.69 Å². The number of pyridine rings is 2. The summed E-state index contributed by atoms with van der Waals surface area (Å²) in [7, 11) is 0. The van der Waals surface area contributed by atoms with Crippen LogP contribution in [0.25, 0.3) is 5.69 Å². The van der Waals surface area contributed by atoms with Gasteiger partial charge >= 0.3 is 0 Å². The third-order valence-electron chi connectivity index (χ3n) is 6.90. The highest BCUT2D eigenvalue weighted by Gasteiger charge is 2.36. The van der Waals surface area contributed by atoms with Crippen molar-refractivity contribution in [2.75, 3.05) is 26.2 Å². The van der Waals surface area contributed by atoms with Gasteiger partial charge in [-0.2, -0.15) is 0 Å². The van der Waals surface area contributed by atoms with Gasteiger partial charge in [0.25, 0.3) is 5.91 Å². The summed E-state index contributed by atoms with van der Waals surface area (Å²) in [5.74, 6) is 0.883. The van der Waals surface area contributed by atoms with E-state index < -0.39 is 0 Å². The topological polar surface area (TPSA) is 97.1 Å². The van der Waals surface area contributed by atoms with Crippen LogP contribution in [0.5, 0.6) is 0 Å². The van der Waals surface area contributed by atoms with Crippen LogP contribution in [-0.4, -0.2) is 72.8 Å². The van der Waals surface area contributed by atoms with Crippen molar-refractivity contribution in [2.24, 2.45) is 11.8 Å². The highest BCUT2D eigenvalue weighted by molar-refractivity contribution is 5.92. The van der Waals surface area contributed by atoms with Gasteiger partial charge in [-0.1, -0.05) is 11.3 Å². The van der Waals surface area contributed by atoms with Gasteiger partial charge in [-0.3, -0.25) is 19.6 Å². The Kier molecular flexibility index (Phi) is 6.33. The Morgan fingerprint density at radius 2 is 1.88 bits per heavy atom. The van der Waals surface area contributed by atoms with Crippen LogP contribution in [0.15, 0.2) is 49.2 Å². The Balaban J connectivity index is 1.18. The molecule has 0 N–H and O–H groups in total. The van der Waals surface area contributed by atoms with Gasteiger partial charge in [0, 0.05) is 44.8 Å². The molecule has 2 atom stereocenters. The molecule has 0 saturated carbocycles. The van der Waals surface area contributed by atoms with Crippen LogP contribution < -0.4 is 0 Å². The predicted octanol–water partition coefficient (Wildman–Crippen LogP) is 2.31. The molecule has 0 aromatic carbocycles. The van der Waals surface area contributed by atoms with E-state index in [-0.39, 0.29) is 11.8 Å².